The lowest BCUT2D eigenvalue weighted by molar-refractivity contribution is -0.385. The number of fused-ring (bicyclic) bond motifs is 2. The van der Waals surface area contributed by atoms with Gasteiger partial charge in [-0.25, -0.2) is 19.3 Å². The van der Waals surface area contributed by atoms with E-state index in [-0.39, 0.29) is 53.5 Å². The predicted octanol–water partition coefficient (Wildman–Crippen LogP) is 5.59. The summed E-state index contributed by atoms with van der Waals surface area (Å²) >= 11 is 0. The Bertz CT molecular complexity index is 2810. The Morgan fingerprint density at radius 3 is 1.74 bits per heavy atom. The Morgan fingerprint density at radius 2 is 1.21 bits per heavy atom. The second-order valence-corrected chi connectivity index (χ2v) is 16.1. The van der Waals surface area contributed by atoms with Crippen LogP contribution in [0.4, 0.5) is 28.4 Å². The van der Waals surface area contributed by atoms with Crippen molar-refractivity contribution in [3.05, 3.63) is 134 Å². The number of methoxy groups -OCH3 is 2. The molecule has 4 aliphatic rings. The highest BCUT2D eigenvalue weighted by Crippen LogP contribution is 2.47. The van der Waals surface area contributed by atoms with Gasteiger partial charge < -0.3 is 33.5 Å². The number of carbonyl (C=O) groups excluding carboxylic acids is 4. The van der Waals surface area contributed by atoms with Crippen molar-refractivity contribution in [3.8, 4) is 17.2 Å². The minimum Gasteiger partial charge on any atom is -0.497 e. The van der Waals surface area contributed by atoms with Gasteiger partial charge in [-0.3, -0.25) is 34.7 Å². The maximum Gasteiger partial charge on any atom is 0.359 e. The highest BCUT2D eigenvalue weighted by atomic mass is 16.6. The van der Waals surface area contributed by atoms with E-state index in [2.05, 4.69) is 5.10 Å². The lowest BCUT2D eigenvalue weighted by Crippen LogP contribution is -2.74. The predicted molar refractivity (Wildman–Crippen MR) is 253 cm³/mol. The highest BCUT2D eigenvalue weighted by Gasteiger charge is 2.65. The summed E-state index contributed by atoms with van der Waals surface area (Å²) in [6.45, 7) is 6.15. The topological polar surface area (TPSA) is 244 Å². The van der Waals surface area contributed by atoms with Crippen molar-refractivity contribution in [2.45, 2.75) is 32.4 Å². The van der Waals surface area contributed by atoms with Gasteiger partial charge in [0.2, 0.25) is 5.66 Å². The molecule has 0 radical (unpaired) electrons. The quantitative estimate of drug-likeness (QED) is 0.0793. The maximum atomic E-state index is 14.7. The number of nitrogens with zero attached hydrogens (tertiary/aromatic N) is 9. The van der Waals surface area contributed by atoms with E-state index in [9.17, 15) is 39.4 Å². The van der Waals surface area contributed by atoms with Crippen LogP contribution in [0, 0.1) is 26.1 Å². The van der Waals surface area contributed by atoms with Gasteiger partial charge in [0.25, 0.3) is 23.2 Å². The van der Waals surface area contributed by atoms with Crippen molar-refractivity contribution in [2.24, 2.45) is 11.0 Å². The van der Waals surface area contributed by atoms with Crippen molar-refractivity contribution in [2.75, 3.05) is 81.6 Å². The van der Waals surface area contributed by atoms with Crippen LogP contribution in [-0.2, 0) is 30.2 Å². The van der Waals surface area contributed by atoms with Gasteiger partial charge in [0.15, 0.2) is 11.4 Å². The van der Waals surface area contributed by atoms with Crippen LogP contribution in [0.15, 0.2) is 102 Å². The minimum atomic E-state index is -1.36. The number of nitro groups is 2. The summed E-state index contributed by atoms with van der Waals surface area (Å²) in [7, 11) is 3.12. The van der Waals surface area contributed by atoms with Crippen molar-refractivity contribution in [1.82, 2.24) is 14.7 Å². The first-order valence-corrected chi connectivity index (χ1v) is 22.4. The highest BCUT2D eigenvalue weighted by molar-refractivity contribution is 6.40. The van der Waals surface area contributed by atoms with Crippen LogP contribution >= 0.6 is 0 Å². The molecular weight excluding hydrogens is 911 g/mol. The second kappa shape index (κ2) is 20.5. The fraction of sp³-hybridized carbons (Fsp3) is 0.333. The fourth-order valence-electron chi connectivity index (χ4n) is 9.12. The molecule has 22 nitrogen and oxygen atoms in total. The van der Waals surface area contributed by atoms with Gasteiger partial charge in [-0.15, -0.1) is 0 Å². The van der Waals surface area contributed by atoms with Crippen LogP contribution in [0.3, 0.4) is 0 Å². The Morgan fingerprint density at radius 1 is 0.700 bits per heavy atom. The molecule has 2 fully saturated rings. The average Bonchev–Trinajstić information content (AvgIpc) is 3.96. The largest absolute Gasteiger partial charge is 0.497 e. The minimum absolute atomic E-state index is 0.0624. The van der Waals surface area contributed by atoms with Crippen LogP contribution < -0.4 is 24.3 Å². The molecule has 4 aliphatic heterocycles. The maximum absolute atomic E-state index is 14.7. The van der Waals surface area contributed by atoms with E-state index in [0.717, 1.165) is 0 Å². The molecule has 5 aromatic rings. The van der Waals surface area contributed by atoms with E-state index in [4.69, 9.17) is 28.8 Å². The number of nitro benzene ring substituents is 2. The summed E-state index contributed by atoms with van der Waals surface area (Å²) in [5, 5.41) is 32.9. The first-order chi connectivity index (χ1) is 33.8. The van der Waals surface area contributed by atoms with E-state index < -0.39 is 33.4 Å². The molecule has 2 amide bonds. The molecule has 0 N–H and O–H groups in total. The Kier molecular flexibility index (Phi) is 14.2. The molecule has 70 heavy (non-hydrogen) atoms. The molecule has 2 saturated heterocycles. The molecule has 22 heteroatoms. The zero-order valence-corrected chi connectivity index (χ0v) is 38.7. The van der Waals surface area contributed by atoms with E-state index in [1.165, 1.54) is 46.0 Å². The van der Waals surface area contributed by atoms with E-state index in [1.807, 2.05) is 4.90 Å². The van der Waals surface area contributed by atoms with Crippen molar-refractivity contribution < 1.29 is 52.7 Å². The van der Waals surface area contributed by atoms with Crippen molar-refractivity contribution >= 4 is 57.9 Å². The molecule has 2 atom stereocenters. The van der Waals surface area contributed by atoms with Crippen LogP contribution in [0.2, 0.25) is 0 Å². The summed E-state index contributed by atoms with van der Waals surface area (Å²) in [6, 6.07) is 25.7. The number of amides is 2. The summed E-state index contributed by atoms with van der Waals surface area (Å²) in [6.07, 6.45) is 0.812. The summed E-state index contributed by atoms with van der Waals surface area (Å²) in [5.74, 6) is -1.07. The van der Waals surface area contributed by atoms with E-state index >= 15 is 0 Å². The SMILES string of the molecule is CCOC(=O)C1=NN(c2ccc(OC)cc2)C2(N3CCOCC3)C(=O)N(c3ccc([N+](=O)[O-])cc3)CCC12.CCOC(=O)c1nn(-c2ccc(OC)cc2)c2c1CCN(c1ccc([N+](=O)[O-])cc1)C2=O. The zero-order valence-electron chi connectivity index (χ0n) is 38.7. The van der Waals surface area contributed by atoms with Gasteiger partial charge in [0.05, 0.1) is 67.8 Å². The number of anilines is 3. The third-order valence-corrected chi connectivity index (χ3v) is 12.4. The van der Waals surface area contributed by atoms with Gasteiger partial charge in [-0.2, -0.15) is 10.2 Å². The zero-order chi connectivity index (χ0) is 49.7. The Labute approximate surface area is 400 Å². The molecule has 4 aromatic carbocycles. The molecule has 5 heterocycles. The lowest BCUT2D eigenvalue weighted by atomic mass is 9.79. The van der Waals surface area contributed by atoms with Crippen LogP contribution in [0.1, 0.15) is 46.8 Å². The molecular formula is C48H49N9O13. The van der Waals surface area contributed by atoms with Crippen LogP contribution in [-0.4, -0.2) is 126 Å². The number of morpholine rings is 1. The Balaban J connectivity index is 0.000000191. The van der Waals surface area contributed by atoms with Gasteiger partial charge in [0, 0.05) is 67.4 Å². The number of non-ortho nitro benzene ring substituents is 2. The van der Waals surface area contributed by atoms with Gasteiger partial charge in [-0.1, -0.05) is 0 Å². The molecule has 0 bridgehead atoms. The first-order valence-electron chi connectivity index (χ1n) is 22.4. The number of hydrogen-bond acceptors (Lipinski definition) is 17. The standard InChI is InChI=1S/C26H29N5O7.C22H20N4O6/c1-3-38-24(32)23-22-12-13-29(18-4-6-20(7-5-18)31(34)35)25(33)26(22,28-14-16-37-17-15-28)30(27-23)19-8-10-21(36-2)11-9-19;1-3-32-22(28)19-18-12-13-24(14-4-6-16(7-5-14)26(29)30)21(27)20(18)25(23-19)15-8-10-17(31-2)11-9-15/h4-11,22H,3,12-17H2,1-2H3;4-11H,3,12-13H2,1-2H3. The fourth-order valence-corrected chi connectivity index (χ4v) is 9.12. The summed E-state index contributed by atoms with van der Waals surface area (Å²) in [4.78, 5) is 80.2. The number of carbonyl (C=O) groups is 4. The molecule has 9 rings (SSSR count). The van der Waals surface area contributed by atoms with Gasteiger partial charge >= 0.3 is 11.9 Å². The molecule has 364 valence electrons. The smallest absolute Gasteiger partial charge is 0.359 e. The van der Waals surface area contributed by atoms with Gasteiger partial charge in [-0.05, 0) is 99.5 Å². The van der Waals surface area contributed by atoms with Crippen LogP contribution in [0.25, 0.3) is 5.69 Å². The number of hydrogen-bond donors (Lipinski definition) is 0. The van der Waals surface area contributed by atoms with E-state index in [0.29, 0.717) is 92.0 Å². The number of rotatable bonds is 13. The second-order valence-electron chi connectivity index (χ2n) is 16.1. The van der Waals surface area contributed by atoms with Gasteiger partial charge in [0.1, 0.15) is 17.2 Å². The van der Waals surface area contributed by atoms with E-state index in [1.54, 1.807) is 98.6 Å². The number of piperidine rings is 1. The molecule has 0 spiro atoms. The summed E-state index contributed by atoms with van der Waals surface area (Å²) < 4.78 is 28.0. The molecule has 0 saturated carbocycles. The molecule has 1 aromatic heterocycles. The third-order valence-electron chi connectivity index (χ3n) is 12.4. The normalized spacial score (nSPS) is 18.7. The number of esters is 2. The van der Waals surface area contributed by atoms with Crippen molar-refractivity contribution in [1.29, 1.82) is 0 Å². The number of ether oxygens (including phenoxy) is 5. The monoisotopic (exact) mass is 959 g/mol. The Hall–Kier alpha value is -8.24. The third kappa shape index (κ3) is 8.96. The number of hydrazone groups is 1. The number of aromatic nitrogens is 2. The summed E-state index contributed by atoms with van der Waals surface area (Å²) in [5.41, 5.74) is 1.83. The average molecular weight is 960 g/mol. The number of benzene rings is 4. The first kappa shape index (κ1) is 48.2. The molecule has 0 aliphatic carbocycles. The molecule has 2 unspecified atom stereocenters. The van der Waals surface area contributed by atoms with Crippen LogP contribution in [0.5, 0.6) is 11.5 Å². The van der Waals surface area contributed by atoms with Crippen molar-refractivity contribution in [3.63, 3.8) is 0 Å². The lowest BCUT2D eigenvalue weighted by Gasteiger charge is -2.53.